The van der Waals surface area contributed by atoms with Gasteiger partial charge in [0.25, 0.3) is 5.91 Å². The number of carbonyl (C=O) groups excluding carboxylic acids is 2. The molecule has 1 aromatic rings. The van der Waals surface area contributed by atoms with Gasteiger partial charge in [-0.05, 0) is 20.3 Å². The molecule has 0 aromatic heterocycles. The van der Waals surface area contributed by atoms with Gasteiger partial charge < -0.3 is 19.9 Å². The second-order valence-corrected chi connectivity index (χ2v) is 6.17. The molecule has 2 N–H and O–H groups in total. The zero-order chi connectivity index (χ0) is 20.7. The van der Waals surface area contributed by atoms with Crippen LogP contribution in [0, 0.1) is 10.1 Å². The smallest absolute Gasteiger partial charge is 0.328 e. The Morgan fingerprint density at radius 2 is 2.07 bits per heavy atom. The van der Waals surface area contributed by atoms with Crippen molar-refractivity contribution < 1.29 is 29.1 Å². The minimum Gasteiger partial charge on any atom is -0.499 e. The molecule has 1 aromatic carbocycles. The van der Waals surface area contributed by atoms with Crippen molar-refractivity contribution >= 4 is 29.2 Å². The quantitative estimate of drug-likeness (QED) is 0.387. The van der Waals surface area contributed by atoms with Crippen LogP contribution in [0.15, 0.2) is 6.07 Å². The van der Waals surface area contributed by atoms with Crippen molar-refractivity contribution in [3.8, 4) is 11.5 Å². The Hall–Kier alpha value is -2.59. The van der Waals surface area contributed by atoms with E-state index in [1.807, 2.05) is 13.8 Å². The first kappa shape index (κ1) is 22.5. The van der Waals surface area contributed by atoms with Crippen molar-refractivity contribution in [1.82, 2.24) is 10.2 Å². The molecule has 0 unspecified atom stereocenters. The minimum atomic E-state index is -1.04. The fourth-order valence-corrected chi connectivity index (χ4v) is 2.38. The first-order valence-electron chi connectivity index (χ1n) is 8.03. The predicted molar refractivity (Wildman–Crippen MR) is 97.5 cm³/mol. The number of ether oxygens (including phenoxy) is 2. The number of rotatable bonds is 8. The lowest BCUT2D eigenvalue weighted by molar-refractivity contribution is -0.386. The van der Waals surface area contributed by atoms with Gasteiger partial charge in [-0.15, -0.1) is 0 Å². The molecule has 0 atom stereocenters. The third-order valence-electron chi connectivity index (χ3n) is 3.47. The zero-order valence-corrected chi connectivity index (χ0v) is 16.2. The number of hydrogen-bond donors (Lipinski definition) is 2. The number of nitrogens with one attached hydrogen (secondary N) is 1. The third-order valence-corrected chi connectivity index (χ3v) is 3.76. The highest BCUT2D eigenvalue weighted by atomic mass is 35.5. The first-order valence-corrected chi connectivity index (χ1v) is 8.40. The van der Waals surface area contributed by atoms with Gasteiger partial charge in [0.05, 0.1) is 23.2 Å². The van der Waals surface area contributed by atoms with E-state index in [1.165, 1.54) is 7.11 Å². The third kappa shape index (κ3) is 5.69. The van der Waals surface area contributed by atoms with Gasteiger partial charge in [-0.25, -0.2) is 4.79 Å². The molecule has 0 aliphatic carbocycles. The van der Waals surface area contributed by atoms with E-state index in [2.05, 4.69) is 5.32 Å². The maximum atomic E-state index is 12.6. The summed E-state index contributed by atoms with van der Waals surface area (Å²) in [5.74, 6) is -2.16. The number of carbonyl (C=O) groups is 2. The Labute approximate surface area is 161 Å². The largest absolute Gasteiger partial charge is 0.499 e. The molecule has 0 radical (unpaired) electrons. The van der Waals surface area contributed by atoms with Crippen LogP contribution >= 0.6 is 11.6 Å². The number of phenolic OH excluding ortho intramolecular Hbond substituents is 1. The van der Waals surface area contributed by atoms with E-state index in [0.717, 1.165) is 13.1 Å². The fraction of sp³-hybridized carbons (Fsp3) is 0.500. The number of nitro groups is 1. The number of phenols is 1. The summed E-state index contributed by atoms with van der Waals surface area (Å²) in [6.07, 6.45) is 0.589. The molecule has 0 saturated heterocycles. The number of hydrogen-bond acceptors (Lipinski definition) is 7. The molecule has 0 aliphatic heterocycles. The second-order valence-electron chi connectivity index (χ2n) is 5.76. The van der Waals surface area contributed by atoms with Crippen molar-refractivity contribution in [2.45, 2.75) is 26.4 Å². The Kier molecular flexibility index (Phi) is 8.26. The molecule has 11 heteroatoms. The number of urea groups is 1. The summed E-state index contributed by atoms with van der Waals surface area (Å²) in [5.41, 5.74) is -1.55. The molecule has 1 rings (SSSR count). The van der Waals surface area contributed by atoms with Crippen LogP contribution in [0.2, 0.25) is 5.02 Å². The van der Waals surface area contributed by atoms with Crippen LogP contribution in [0.4, 0.5) is 10.5 Å². The molecule has 10 nitrogen and oxygen atoms in total. The van der Waals surface area contributed by atoms with E-state index in [9.17, 15) is 24.8 Å². The van der Waals surface area contributed by atoms with Gasteiger partial charge in [0.15, 0.2) is 5.75 Å². The monoisotopic (exact) mass is 403 g/mol. The second kappa shape index (κ2) is 9.93. The molecule has 0 bridgehead atoms. The summed E-state index contributed by atoms with van der Waals surface area (Å²) in [6.45, 7) is 4.43. The van der Waals surface area contributed by atoms with Crippen LogP contribution < -0.4 is 10.1 Å². The van der Waals surface area contributed by atoms with Crippen LogP contribution in [-0.4, -0.2) is 60.3 Å². The van der Waals surface area contributed by atoms with E-state index in [4.69, 9.17) is 21.1 Å². The van der Waals surface area contributed by atoms with Crippen LogP contribution in [-0.2, 0) is 4.74 Å². The van der Waals surface area contributed by atoms with Gasteiger partial charge in [0, 0.05) is 26.3 Å². The van der Waals surface area contributed by atoms with Gasteiger partial charge >= 0.3 is 11.7 Å². The van der Waals surface area contributed by atoms with E-state index >= 15 is 0 Å². The molecular weight excluding hydrogens is 382 g/mol. The van der Waals surface area contributed by atoms with Gasteiger partial charge in [0.1, 0.15) is 5.56 Å². The van der Waals surface area contributed by atoms with Crippen LogP contribution in [0.25, 0.3) is 0 Å². The summed E-state index contributed by atoms with van der Waals surface area (Å²) in [6, 6.07) is 0.289. The number of halogens is 1. The van der Waals surface area contributed by atoms with Crippen molar-refractivity contribution in [1.29, 1.82) is 0 Å². The van der Waals surface area contributed by atoms with Crippen LogP contribution in [0.3, 0.4) is 0 Å². The molecule has 0 heterocycles. The Morgan fingerprint density at radius 1 is 1.44 bits per heavy atom. The van der Waals surface area contributed by atoms with Crippen molar-refractivity contribution in [3.63, 3.8) is 0 Å². The van der Waals surface area contributed by atoms with E-state index in [1.54, 1.807) is 0 Å². The Balaban J connectivity index is 2.96. The number of aromatic hydroxyl groups is 1. The highest BCUT2D eigenvalue weighted by Crippen LogP contribution is 2.43. The number of nitro benzene ring substituents is 1. The normalized spacial score (nSPS) is 10.6. The molecule has 0 spiro atoms. The van der Waals surface area contributed by atoms with Crippen molar-refractivity contribution in [2.24, 2.45) is 0 Å². The molecule has 27 heavy (non-hydrogen) atoms. The summed E-state index contributed by atoms with van der Waals surface area (Å²) >= 11 is 5.96. The predicted octanol–water partition coefficient (Wildman–Crippen LogP) is 2.56. The number of methoxy groups -OCH3 is 1. The number of benzene rings is 1. The number of amides is 3. The van der Waals surface area contributed by atoms with Crippen LogP contribution in [0.5, 0.6) is 11.5 Å². The SMILES string of the molecule is COc1cc(Cl)c(C(=O)N(C)C(=O)NCCCOC(C)C)c([N+](=O)[O-])c1O. The van der Waals surface area contributed by atoms with E-state index in [-0.39, 0.29) is 23.4 Å². The molecule has 0 fully saturated rings. The van der Waals surface area contributed by atoms with E-state index < -0.39 is 33.9 Å². The van der Waals surface area contributed by atoms with Crippen LogP contribution in [0.1, 0.15) is 30.6 Å². The first-order chi connectivity index (χ1) is 12.6. The standard InChI is InChI=1S/C16H22ClN3O7/c1-9(2)27-7-5-6-18-16(23)19(3)15(22)12-10(17)8-11(26-4)14(21)13(12)20(24)25/h8-9,21H,5-7H2,1-4H3,(H,18,23). The maximum Gasteiger partial charge on any atom is 0.328 e. The summed E-state index contributed by atoms with van der Waals surface area (Å²) in [7, 11) is 2.32. The lowest BCUT2D eigenvalue weighted by atomic mass is 10.1. The molecule has 150 valence electrons. The molecular formula is C16H22ClN3O7. The Morgan fingerprint density at radius 3 is 2.59 bits per heavy atom. The highest BCUT2D eigenvalue weighted by molar-refractivity contribution is 6.35. The molecule has 0 saturated carbocycles. The van der Waals surface area contributed by atoms with Gasteiger partial charge in [-0.1, -0.05) is 11.6 Å². The van der Waals surface area contributed by atoms with Gasteiger partial charge in [-0.2, -0.15) is 0 Å². The number of imide groups is 1. The average molecular weight is 404 g/mol. The number of nitrogens with zero attached hydrogens (tertiary/aromatic N) is 2. The fourth-order valence-electron chi connectivity index (χ4n) is 2.11. The molecule has 3 amide bonds. The van der Waals surface area contributed by atoms with Crippen molar-refractivity contribution in [3.05, 3.63) is 26.8 Å². The maximum absolute atomic E-state index is 12.6. The summed E-state index contributed by atoms with van der Waals surface area (Å²) in [5, 5.41) is 23.4. The molecule has 0 aliphatic rings. The summed E-state index contributed by atoms with van der Waals surface area (Å²) in [4.78, 5) is 35.7. The summed E-state index contributed by atoms with van der Waals surface area (Å²) < 4.78 is 10.1. The lowest BCUT2D eigenvalue weighted by Crippen LogP contribution is -2.42. The topological polar surface area (TPSA) is 131 Å². The Bertz CT molecular complexity index is 724. The van der Waals surface area contributed by atoms with E-state index in [0.29, 0.717) is 17.9 Å². The lowest BCUT2D eigenvalue weighted by Gasteiger charge is -2.18. The minimum absolute atomic E-state index is 0.0652. The highest BCUT2D eigenvalue weighted by Gasteiger charge is 2.34. The average Bonchev–Trinajstić information content (AvgIpc) is 2.60. The van der Waals surface area contributed by atoms with Gasteiger partial charge in [-0.3, -0.25) is 19.8 Å². The van der Waals surface area contributed by atoms with Crippen molar-refractivity contribution in [2.75, 3.05) is 27.3 Å². The van der Waals surface area contributed by atoms with Gasteiger partial charge in [0.2, 0.25) is 5.75 Å². The zero-order valence-electron chi connectivity index (χ0n) is 15.4.